The monoisotopic (exact) mass is 537 g/mol. The van der Waals surface area contributed by atoms with Crippen LogP contribution in [-0.4, -0.2) is 47.6 Å². The largest absolute Gasteiger partial charge is 0.462 e. The van der Waals surface area contributed by atoms with Crippen molar-refractivity contribution in [2.45, 2.75) is 23.3 Å². The minimum Gasteiger partial charge on any atom is -0.462 e. The number of nitrogens with zero attached hydrogens (tertiary/aromatic N) is 3. The minimum atomic E-state index is -3.96. The predicted molar refractivity (Wildman–Crippen MR) is 133 cm³/mol. The van der Waals surface area contributed by atoms with Gasteiger partial charge in [0.1, 0.15) is 0 Å². The van der Waals surface area contributed by atoms with Gasteiger partial charge in [0.05, 0.1) is 46.0 Å². The molecular formula is C24H19N5O6S2. The number of carbonyl (C=O) groups is 3. The summed E-state index contributed by atoms with van der Waals surface area (Å²) in [7, 11) is -3.96. The molecule has 2 amide bonds. The number of carbonyl (C=O) groups excluding carboxylic acids is 3. The Labute approximate surface area is 215 Å². The standard InChI is InChI=1S/C24H19N5O6S2/c1-2-35-23(32)15-10-27-29(13-15)24-26-12-16(36-24)11-25-21(30)14-7-8-20-18(9-14)28-22(31)17-5-3-4-6-19(17)37(20,33)34/h3-10,12-13H,2,11H2,1H3,(H,25,30)(H,28,31). The topological polar surface area (TPSA) is 149 Å². The van der Waals surface area contributed by atoms with Gasteiger partial charge in [-0.2, -0.15) is 5.10 Å². The smallest absolute Gasteiger partial charge is 0.341 e. The van der Waals surface area contributed by atoms with Gasteiger partial charge >= 0.3 is 5.97 Å². The SMILES string of the molecule is CCOC(=O)c1cnn(-c2ncc(CNC(=O)c3ccc4c(c3)NC(=O)c3ccccc3S4(=O)=O)s2)c1. The quantitative estimate of drug-likeness (QED) is 0.357. The number of benzene rings is 2. The third-order valence-electron chi connectivity index (χ3n) is 5.45. The Balaban J connectivity index is 1.30. The molecule has 1 aliphatic heterocycles. The lowest BCUT2D eigenvalue weighted by molar-refractivity contribution is 0.0526. The fourth-order valence-electron chi connectivity index (χ4n) is 3.70. The molecule has 37 heavy (non-hydrogen) atoms. The third kappa shape index (κ3) is 4.61. The first-order valence-corrected chi connectivity index (χ1v) is 13.3. The number of aromatic nitrogens is 3. The van der Waals surface area contributed by atoms with E-state index in [4.69, 9.17) is 4.74 Å². The van der Waals surface area contributed by atoms with Gasteiger partial charge in [-0.15, -0.1) is 0 Å². The molecule has 13 heteroatoms. The number of rotatable bonds is 6. The molecule has 1 aliphatic rings. The molecule has 2 aromatic heterocycles. The molecule has 11 nitrogen and oxygen atoms in total. The first-order valence-electron chi connectivity index (χ1n) is 11.0. The van der Waals surface area contributed by atoms with Crippen LogP contribution in [0.1, 0.15) is 42.9 Å². The number of anilines is 1. The molecule has 0 radical (unpaired) electrons. The lowest BCUT2D eigenvalue weighted by atomic mass is 10.1. The van der Waals surface area contributed by atoms with Gasteiger partial charge in [-0.1, -0.05) is 23.5 Å². The summed E-state index contributed by atoms with van der Waals surface area (Å²) >= 11 is 1.27. The zero-order valence-corrected chi connectivity index (χ0v) is 20.9. The molecule has 3 heterocycles. The molecular weight excluding hydrogens is 518 g/mol. The molecule has 0 saturated heterocycles. The van der Waals surface area contributed by atoms with Crippen LogP contribution in [0.5, 0.6) is 0 Å². The van der Waals surface area contributed by atoms with Crippen LogP contribution in [0.4, 0.5) is 5.69 Å². The second-order valence-corrected chi connectivity index (χ2v) is 10.8. The molecule has 0 aliphatic carbocycles. The highest BCUT2D eigenvalue weighted by Crippen LogP contribution is 2.34. The number of hydrogen-bond donors (Lipinski definition) is 2. The highest BCUT2D eigenvalue weighted by molar-refractivity contribution is 7.91. The lowest BCUT2D eigenvalue weighted by Crippen LogP contribution is -2.22. The highest BCUT2D eigenvalue weighted by atomic mass is 32.2. The Kier molecular flexibility index (Phi) is 6.31. The van der Waals surface area contributed by atoms with Crippen molar-refractivity contribution >= 4 is 44.6 Å². The number of amides is 2. The van der Waals surface area contributed by atoms with Crippen LogP contribution in [0.3, 0.4) is 0 Å². The van der Waals surface area contributed by atoms with Crippen LogP contribution >= 0.6 is 11.3 Å². The van der Waals surface area contributed by atoms with Gasteiger partial charge in [-0.25, -0.2) is 22.9 Å². The number of hydrogen-bond acceptors (Lipinski definition) is 9. The van der Waals surface area contributed by atoms with Gasteiger partial charge in [-0.05, 0) is 37.3 Å². The van der Waals surface area contributed by atoms with E-state index in [1.807, 2.05) is 0 Å². The molecule has 0 saturated carbocycles. The number of nitrogens with one attached hydrogen (secondary N) is 2. The molecule has 2 N–H and O–H groups in total. The summed E-state index contributed by atoms with van der Waals surface area (Å²) in [6, 6.07) is 9.99. The van der Waals surface area contributed by atoms with Crippen LogP contribution in [-0.2, 0) is 21.1 Å². The van der Waals surface area contributed by atoms with Crippen molar-refractivity contribution in [1.29, 1.82) is 0 Å². The Morgan fingerprint density at radius 2 is 1.92 bits per heavy atom. The zero-order valence-electron chi connectivity index (χ0n) is 19.3. The summed E-state index contributed by atoms with van der Waals surface area (Å²) in [6.07, 6.45) is 4.47. The van der Waals surface area contributed by atoms with Crippen LogP contribution < -0.4 is 10.6 Å². The van der Waals surface area contributed by atoms with Gasteiger partial charge in [0, 0.05) is 22.8 Å². The van der Waals surface area contributed by atoms with E-state index >= 15 is 0 Å². The number of fused-ring (bicyclic) bond motifs is 2. The van der Waals surface area contributed by atoms with Gasteiger partial charge < -0.3 is 15.4 Å². The summed E-state index contributed by atoms with van der Waals surface area (Å²) in [6.45, 7) is 2.12. The van der Waals surface area contributed by atoms with E-state index in [-0.39, 0.29) is 39.8 Å². The van der Waals surface area contributed by atoms with Crippen molar-refractivity contribution in [3.63, 3.8) is 0 Å². The number of esters is 1. The number of ether oxygens (including phenoxy) is 1. The van der Waals surface area contributed by atoms with Crippen molar-refractivity contribution < 1.29 is 27.5 Å². The van der Waals surface area contributed by atoms with Crippen LogP contribution in [0.15, 0.2) is 70.8 Å². The highest BCUT2D eigenvalue weighted by Gasteiger charge is 2.31. The summed E-state index contributed by atoms with van der Waals surface area (Å²) in [4.78, 5) is 42.1. The Bertz CT molecular complexity index is 1660. The van der Waals surface area contributed by atoms with Gasteiger partial charge in [0.15, 0.2) is 0 Å². The molecule has 0 unspecified atom stereocenters. The van der Waals surface area contributed by atoms with Crippen molar-refractivity contribution in [3.8, 4) is 5.13 Å². The van der Waals surface area contributed by atoms with Gasteiger partial charge in [-0.3, -0.25) is 9.59 Å². The molecule has 2 aromatic carbocycles. The van der Waals surface area contributed by atoms with Crippen LogP contribution in [0, 0.1) is 0 Å². The fraction of sp³-hybridized carbons (Fsp3) is 0.125. The van der Waals surface area contributed by atoms with E-state index in [0.717, 1.165) is 4.88 Å². The summed E-state index contributed by atoms with van der Waals surface area (Å²) in [5.41, 5.74) is 0.547. The normalized spacial score (nSPS) is 13.6. The van der Waals surface area contributed by atoms with E-state index < -0.39 is 27.6 Å². The lowest BCUT2D eigenvalue weighted by Gasteiger charge is -2.10. The molecule has 188 valence electrons. The third-order valence-corrected chi connectivity index (χ3v) is 8.31. The average molecular weight is 538 g/mol. The Morgan fingerprint density at radius 1 is 1.11 bits per heavy atom. The van der Waals surface area contributed by atoms with E-state index in [2.05, 4.69) is 20.7 Å². The molecule has 5 rings (SSSR count). The van der Waals surface area contributed by atoms with Crippen LogP contribution in [0.2, 0.25) is 0 Å². The van der Waals surface area contributed by atoms with E-state index in [1.54, 1.807) is 25.3 Å². The van der Waals surface area contributed by atoms with E-state index in [9.17, 15) is 22.8 Å². The van der Waals surface area contributed by atoms with Crippen molar-refractivity contribution in [3.05, 3.63) is 82.6 Å². The molecule has 0 fully saturated rings. The fourth-order valence-corrected chi connectivity index (χ4v) is 6.08. The average Bonchev–Trinajstić information content (AvgIpc) is 3.56. The minimum absolute atomic E-state index is 0.0324. The molecule has 4 aromatic rings. The summed E-state index contributed by atoms with van der Waals surface area (Å²) < 4.78 is 32.6. The summed E-state index contributed by atoms with van der Waals surface area (Å²) in [5, 5.41) is 9.97. The van der Waals surface area contributed by atoms with Crippen molar-refractivity contribution in [2.24, 2.45) is 0 Å². The first-order chi connectivity index (χ1) is 17.8. The van der Waals surface area contributed by atoms with Gasteiger partial charge in [0.2, 0.25) is 15.0 Å². The maximum Gasteiger partial charge on any atom is 0.341 e. The number of sulfone groups is 1. The number of thiazole rings is 1. The summed E-state index contributed by atoms with van der Waals surface area (Å²) in [5.74, 6) is -1.52. The predicted octanol–water partition coefficient (Wildman–Crippen LogP) is 2.83. The van der Waals surface area contributed by atoms with Gasteiger partial charge in [0.25, 0.3) is 11.8 Å². The van der Waals surface area contributed by atoms with Crippen LogP contribution in [0.25, 0.3) is 5.13 Å². The first kappa shape index (κ1) is 24.3. The zero-order chi connectivity index (χ0) is 26.2. The van der Waals surface area contributed by atoms with Crippen molar-refractivity contribution in [2.75, 3.05) is 11.9 Å². The second-order valence-electron chi connectivity index (χ2n) is 7.85. The Morgan fingerprint density at radius 3 is 2.73 bits per heavy atom. The molecule has 0 bridgehead atoms. The van der Waals surface area contributed by atoms with Crippen molar-refractivity contribution in [1.82, 2.24) is 20.1 Å². The molecule has 0 spiro atoms. The maximum absolute atomic E-state index is 13.1. The van der Waals surface area contributed by atoms with E-state index in [0.29, 0.717) is 10.7 Å². The second kappa shape index (κ2) is 9.59. The maximum atomic E-state index is 13.1. The molecule has 0 atom stereocenters. The van der Waals surface area contributed by atoms with E-state index in [1.165, 1.54) is 58.7 Å². The Hall–Kier alpha value is -4.36.